The van der Waals surface area contributed by atoms with E-state index in [0.29, 0.717) is 17.3 Å². The van der Waals surface area contributed by atoms with Gasteiger partial charge in [-0.25, -0.2) is 0 Å². The number of nitrogens with zero attached hydrogens (tertiary/aromatic N) is 2. The molecule has 2 aromatic rings. The van der Waals surface area contributed by atoms with E-state index in [4.69, 9.17) is 16.7 Å². The summed E-state index contributed by atoms with van der Waals surface area (Å²) < 4.78 is 0. The number of fused-ring (bicyclic) bond motifs is 1. The number of carbonyl (C=O) groups excluding carboxylic acids is 1. The van der Waals surface area contributed by atoms with E-state index in [1.807, 2.05) is 42.2 Å². The highest BCUT2D eigenvalue weighted by molar-refractivity contribution is 7.80. The van der Waals surface area contributed by atoms with Crippen molar-refractivity contribution in [3.63, 3.8) is 0 Å². The molecule has 6 nitrogen and oxygen atoms in total. The third-order valence-electron chi connectivity index (χ3n) is 4.49. The summed E-state index contributed by atoms with van der Waals surface area (Å²) in [6, 6.07) is 7.83. The number of rotatable bonds is 8. The van der Waals surface area contributed by atoms with Crippen LogP contribution in [0.5, 0.6) is 0 Å². The minimum atomic E-state index is 0.106. The molecule has 0 fully saturated rings. The van der Waals surface area contributed by atoms with Gasteiger partial charge in [0, 0.05) is 72.9 Å². The standard InChI is InChI=1S/C19H23ClN4OS.CH4O/c1-13-10-14(12-26)19(25)24(13)9-8-21-6-7-23-17-4-5-22-18-11-15(20)2-3-16(17)18;1-2/h2-5,10-11,13,21,26H,6-9,12H2,1H3,(H,22,23);2H,1H3. The van der Waals surface area contributed by atoms with Crippen molar-refractivity contribution in [1.82, 2.24) is 15.2 Å². The lowest BCUT2D eigenvalue weighted by atomic mass is 10.2. The van der Waals surface area contributed by atoms with Gasteiger partial charge >= 0.3 is 0 Å². The summed E-state index contributed by atoms with van der Waals surface area (Å²) >= 11 is 10.2. The van der Waals surface area contributed by atoms with Crippen LogP contribution in [-0.4, -0.2) is 66.0 Å². The Balaban J connectivity index is 0.00000136. The molecule has 1 aliphatic rings. The Kier molecular flexibility index (Phi) is 9.05. The van der Waals surface area contributed by atoms with E-state index >= 15 is 0 Å². The minimum absolute atomic E-state index is 0.106. The van der Waals surface area contributed by atoms with Crippen LogP contribution in [0.3, 0.4) is 0 Å². The molecule has 2 heterocycles. The fourth-order valence-electron chi connectivity index (χ4n) is 3.13. The van der Waals surface area contributed by atoms with Crippen molar-refractivity contribution in [3.05, 3.63) is 47.1 Å². The first-order chi connectivity index (χ1) is 13.6. The summed E-state index contributed by atoms with van der Waals surface area (Å²) in [4.78, 5) is 18.4. The Hall–Kier alpha value is -1.80. The largest absolute Gasteiger partial charge is 0.400 e. The van der Waals surface area contributed by atoms with E-state index < -0.39 is 0 Å². The van der Waals surface area contributed by atoms with Crippen molar-refractivity contribution in [2.45, 2.75) is 13.0 Å². The number of hydrogen-bond donors (Lipinski definition) is 4. The minimum Gasteiger partial charge on any atom is -0.400 e. The number of aliphatic hydroxyl groups is 1. The molecule has 0 bridgehead atoms. The van der Waals surface area contributed by atoms with E-state index in [1.54, 1.807) is 6.20 Å². The van der Waals surface area contributed by atoms with Gasteiger partial charge in [0.2, 0.25) is 0 Å². The number of pyridine rings is 1. The molecular weight excluding hydrogens is 396 g/mol. The molecule has 152 valence electrons. The van der Waals surface area contributed by atoms with Crippen molar-refractivity contribution in [3.8, 4) is 0 Å². The molecule has 28 heavy (non-hydrogen) atoms. The van der Waals surface area contributed by atoms with Crippen LogP contribution in [0.15, 0.2) is 42.1 Å². The number of aromatic nitrogens is 1. The molecule has 0 radical (unpaired) electrons. The smallest absolute Gasteiger partial charge is 0.250 e. The summed E-state index contributed by atoms with van der Waals surface area (Å²) in [7, 11) is 1.00. The van der Waals surface area contributed by atoms with Gasteiger partial charge in [-0.3, -0.25) is 9.78 Å². The van der Waals surface area contributed by atoms with E-state index in [9.17, 15) is 4.79 Å². The number of hydrogen-bond acceptors (Lipinski definition) is 6. The second-order valence-corrected chi connectivity index (χ2v) is 7.04. The Morgan fingerprint density at radius 1 is 1.25 bits per heavy atom. The molecule has 1 amide bonds. The van der Waals surface area contributed by atoms with Gasteiger partial charge in [0.1, 0.15) is 0 Å². The van der Waals surface area contributed by atoms with Crippen molar-refractivity contribution in [2.75, 3.05) is 44.4 Å². The first kappa shape index (κ1) is 22.5. The Bertz CT molecular complexity index is 831. The molecule has 3 rings (SSSR count). The number of halogens is 1. The van der Waals surface area contributed by atoms with Crippen molar-refractivity contribution >= 4 is 46.7 Å². The third-order valence-corrected chi connectivity index (χ3v) is 5.07. The van der Waals surface area contributed by atoms with Crippen molar-refractivity contribution < 1.29 is 9.90 Å². The first-order valence-electron chi connectivity index (χ1n) is 9.16. The van der Waals surface area contributed by atoms with Crippen LogP contribution in [0.25, 0.3) is 10.9 Å². The second kappa shape index (κ2) is 11.3. The van der Waals surface area contributed by atoms with E-state index in [2.05, 4.69) is 28.2 Å². The van der Waals surface area contributed by atoms with Gasteiger partial charge in [0.25, 0.3) is 5.91 Å². The average Bonchev–Trinajstić information content (AvgIpc) is 2.99. The highest BCUT2D eigenvalue weighted by atomic mass is 35.5. The monoisotopic (exact) mass is 422 g/mol. The van der Waals surface area contributed by atoms with Crippen molar-refractivity contribution in [2.24, 2.45) is 0 Å². The van der Waals surface area contributed by atoms with E-state index in [0.717, 1.165) is 48.9 Å². The van der Waals surface area contributed by atoms with Gasteiger partial charge in [-0.05, 0) is 31.2 Å². The molecule has 1 aromatic heterocycles. The van der Waals surface area contributed by atoms with Gasteiger partial charge in [-0.15, -0.1) is 0 Å². The summed E-state index contributed by atoms with van der Waals surface area (Å²) in [6.07, 6.45) is 3.78. The molecule has 1 unspecified atom stereocenters. The molecule has 0 saturated heterocycles. The van der Waals surface area contributed by atoms with E-state index in [1.165, 1.54) is 0 Å². The number of carbonyl (C=O) groups is 1. The molecule has 0 saturated carbocycles. The average molecular weight is 423 g/mol. The highest BCUT2D eigenvalue weighted by Gasteiger charge is 2.27. The molecule has 1 atom stereocenters. The molecule has 0 aliphatic carbocycles. The van der Waals surface area contributed by atoms with Crippen LogP contribution in [0.4, 0.5) is 5.69 Å². The normalized spacial score (nSPS) is 16.0. The molecule has 1 aromatic carbocycles. The number of amides is 1. The number of benzene rings is 1. The Labute approximate surface area is 176 Å². The lowest BCUT2D eigenvalue weighted by molar-refractivity contribution is -0.126. The molecule has 3 N–H and O–H groups in total. The first-order valence-corrected chi connectivity index (χ1v) is 10.2. The summed E-state index contributed by atoms with van der Waals surface area (Å²) in [5.74, 6) is 0.608. The lowest BCUT2D eigenvalue weighted by Gasteiger charge is -2.22. The summed E-state index contributed by atoms with van der Waals surface area (Å²) in [5, 5.41) is 15.5. The second-order valence-electron chi connectivity index (χ2n) is 6.29. The zero-order valence-electron chi connectivity index (χ0n) is 16.2. The van der Waals surface area contributed by atoms with Gasteiger partial charge in [0.05, 0.1) is 5.52 Å². The number of thiol groups is 1. The van der Waals surface area contributed by atoms with Crippen LogP contribution in [-0.2, 0) is 4.79 Å². The fraction of sp³-hybridized carbons (Fsp3) is 0.400. The van der Waals surface area contributed by atoms with Crippen molar-refractivity contribution in [1.29, 1.82) is 0 Å². The molecule has 1 aliphatic heterocycles. The van der Waals surface area contributed by atoms with Crippen LogP contribution in [0.1, 0.15) is 6.92 Å². The lowest BCUT2D eigenvalue weighted by Crippen LogP contribution is -2.39. The number of aliphatic hydroxyl groups excluding tert-OH is 1. The van der Waals surface area contributed by atoms with Crippen LogP contribution >= 0.6 is 24.2 Å². The maximum Gasteiger partial charge on any atom is 0.250 e. The molecule has 0 spiro atoms. The zero-order chi connectivity index (χ0) is 20.5. The van der Waals surface area contributed by atoms with Gasteiger partial charge in [0.15, 0.2) is 0 Å². The Morgan fingerprint density at radius 3 is 2.75 bits per heavy atom. The molecule has 8 heteroatoms. The number of anilines is 1. The predicted octanol–water partition coefficient (Wildman–Crippen LogP) is 2.59. The van der Waals surface area contributed by atoms with Gasteiger partial charge in [-0.1, -0.05) is 17.7 Å². The predicted molar refractivity (Wildman–Crippen MR) is 119 cm³/mol. The molecular formula is C20H27ClN4O2S. The highest BCUT2D eigenvalue weighted by Crippen LogP contribution is 2.24. The topological polar surface area (TPSA) is 77.5 Å². The van der Waals surface area contributed by atoms with E-state index in [-0.39, 0.29) is 11.9 Å². The summed E-state index contributed by atoms with van der Waals surface area (Å²) in [5.41, 5.74) is 2.72. The summed E-state index contributed by atoms with van der Waals surface area (Å²) in [6.45, 7) is 5.09. The number of nitrogens with one attached hydrogen (secondary N) is 2. The maximum absolute atomic E-state index is 12.2. The SMILES string of the molecule is CC1C=C(CS)C(=O)N1CCNCCNc1ccnc2cc(Cl)ccc12.CO. The van der Waals surface area contributed by atoms with Gasteiger partial charge < -0.3 is 20.6 Å². The fourth-order valence-corrected chi connectivity index (χ4v) is 3.54. The van der Waals surface area contributed by atoms with Crippen LogP contribution in [0, 0.1) is 0 Å². The quantitative estimate of drug-likeness (QED) is 0.388. The Morgan fingerprint density at radius 2 is 2.04 bits per heavy atom. The zero-order valence-corrected chi connectivity index (χ0v) is 17.8. The van der Waals surface area contributed by atoms with Crippen LogP contribution in [0.2, 0.25) is 5.02 Å². The van der Waals surface area contributed by atoms with Gasteiger partial charge in [-0.2, -0.15) is 12.6 Å². The van der Waals surface area contributed by atoms with Crippen LogP contribution < -0.4 is 10.6 Å². The third kappa shape index (κ3) is 5.61. The maximum atomic E-state index is 12.2.